The van der Waals surface area contributed by atoms with Crippen molar-refractivity contribution in [1.29, 1.82) is 0 Å². The summed E-state index contributed by atoms with van der Waals surface area (Å²) < 4.78 is -2.14. The maximum absolute atomic E-state index is 5.80. The molecule has 0 aliphatic carbocycles. The monoisotopic (exact) mass is 308 g/mol. The zero-order valence-electron chi connectivity index (χ0n) is 6.53. The number of nitrogens with zero attached hydrogens (tertiary/aromatic N) is 2. The van der Waals surface area contributed by atoms with Gasteiger partial charge in [0.2, 0.25) is 3.79 Å². The third kappa shape index (κ3) is 4.64. The van der Waals surface area contributed by atoms with E-state index in [1.54, 1.807) is 18.5 Å². The van der Waals surface area contributed by atoms with Gasteiger partial charge in [-0.2, -0.15) is 0 Å². The van der Waals surface area contributed by atoms with Crippen LogP contribution in [0.15, 0.2) is 23.6 Å². The summed E-state index contributed by atoms with van der Waals surface area (Å²) in [5, 5.41) is 0.581. The summed E-state index contributed by atoms with van der Waals surface area (Å²) in [5.41, 5.74) is 0. The number of alkyl halides is 4. The Balaban J connectivity index is 2.42. The topological polar surface area (TPSA) is 25.8 Å². The highest BCUT2D eigenvalue weighted by Gasteiger charge is 2.31. The third-order valence-corrected chi connectivity index (χ3v) is 5.59. The molecule has 0 fully saturated rings. The van der Waals surface area contributed by atoms with Crippen LogP contribution in [0.4, 0.5) is 0 Å². The van der Waals surface area contributed by atoms with Crippen LogP contribution in [0.3, 0.4) is 0 Å². The van der Waals surface area contributed by atoms with Crippen molar-refractivity contribution in [2.45, 2.75) is 13.7 Å². The van der Waals surface area contributed by atoms with Crippen molar-refractivity contribution in [1.82, 2.24) is 9.97 Å². The molecule has 0 saturated carbocycles. The molecule has 78 valence electrons. The molecule has 0 radical (unpaired) electrons. The van der Waals surface area contributed by atoms with E-state index in [1.807, 2.05) is 0 Å². The van der Waals surface area contributed by atoms with Gasteiger partial charge in [-0.05, 0) is 16.9 Å². The van der Waals surface area contributed by atoms with Crippen LogP contribution in [0.2, 0.25) is 0 Å². The molecule has 1 rings (SSSR count). The molecular formula is C6H4Cl4N2S2. The van der Waals surface area contributed by atoms with Gasteiger partial charge in [-0.15, -0.1) is 11.6 Å². The van der Waals surface area contributed by atoms with Crippen LogP contribution < -0.4 is 0 Å². The third-order valence-electron chi connectivity index (χ3n) is 1.01. The fourth-order valence-corrected chi connectivity index (χ4v) is 3.36. The normalized spacial score (nSPS) is 14.0. The van der Waals surface area contributed by atoms with Gasteiger partial charge in [-0.25, -0.2) is 9.97 Å². The van der Waals surface area contributed by atoms with E-state index in [0.29, 0.717) is 5.16 Å². The van der Waals surface area contributed by atoms with Gasteiger partial charge >= 0.3 is 0 Å². The van der Waals surface area contributed by atoms with Crippen LogP contribution in [0, 0.1) is 0 Å². The SMILES string of the molecule is ClC(SSc1ncccn1)C(Cl)(Cl)Cl. The molecule has 2 nitrogen and oxygen atoms in total. The van der Waals surface area contributed by atoms with Crippen molar-refractivity contribution in [3.05, 3.63) is 18.5 Å². The first-order chi connectivity index (χ1) is 6.50. The minimum absolute atomic E-state index is 0.581. The molecule has 0 saturated heterocycles. The highest BCUT2D eigenvalue weighted by atomic mass is 35.6. The Kier molecular flexibility index (Phi) is 5.45. The minimum Gasteiger partial charge on any atom is -0.230 e. The molecule has 14 heavy (non-hydrogen) atoms. The van der Waals surface area contributed by atoms with Crippen molar-refractivity contribution in [2.75, 3.05) is 0 Å². The first-order valence-corrected chi connectivity index (χ1v) is 7.09. The lowest BCUT2D eigenvalue weighted by Crippen LogP contribution is -2.14. The number of hydrogen-bond donors (Lipinski definition) is 0. The second-order valence-corrected chi connectivity index (χ2v) is 7.41. The Morgan fingerprint density at radius 3 is 2.29 bits per heavy atom. The summed E-state index contributed by atoms with van der Waals surface area (Å²) in [5.74, 6) is 0. The Morgan fingerprint density at radius 1 is 1.21 bits per heavy atom. The molecule has 0 aliphatic heterocycles. The fraction of sp³-hybridized carbons (Fsp3) is 0.333. The smallest absolute Gasteiger partial charge is 0.216 e. The summed E-state index contributed by atoms with van der Waals surface area (Å²) in [6.45, 7) is 0. The van der Waals surface area contributed by atoms with Crippen LogP contribution in [0.25, 0.3) is 0 Å². The molecule has 0 amide bonds. The first-order valence-electron chi connectivity index (χ1n) is 3.31. The highest BCUT2D eigenvalue weighted by molar-refractivity contribution is 8.77. The standard InChI is InChI=1S/C6H4Cl4N2S2/c7-4(6(8,9)10)13-14-5-11-2-1-3-12-5/h1-4H. The van der Waals surface area contributed by atoms with Crippen LogP contribution in [0.1, 0.15) is 0 Å². The molecule has 1 atom stereocenters. The molecule has 0 bridgehead atoms. The zero-order chi connectivity index (χ0) is 10.6. The van der Waals surface area contributed by atoms with Gasteiger partial charge in [0.1, 0.15) is 4.71 Å². The van der Waals surface area contributed by atoms with E-state index in [2.05, 4.69) is 9.97 Å². The van der Waals surface area contributed by atoms with E-state index in [9.17, 15) is 0 Å². The van der Waals surface area contributed by atoms with E-state index < -0.39 is 8.50 Å². The molecule has 0 spiro atoms. The van der Waals surface area contributed by atoms with Crippen LogP contribution >= 0.6 is 68.0 Å². The number of rotatable bonds is 3. The summed E-state index contributed by atoms with van der Waals surface area (Å²) in [7, 11) is 2.46. The Hall–Kier alpha value is 0.940. The van der Waals surface area contributed by atoms with E-state index in [4.69, 9.17) is 46.4 Å². The van der Waals surface area contributed by atoms with Crippen molar-refractivity contribution >= 4 is 68.0 Å². The molecule has 1 heterocycles. The van der Waals surface area contributed by atoms with E-state index >= 15 is 0 Å². The van der Waals surface area contributed by atoms with Crippen LogP contribution in [-0.4, -0.2) is 18.5 Å². The lowest BCUT2D eigenvalue weighted by molar-refractivity contribution is 0.973. The average molecular weight is 310 g/mol. The average Bonchev–Trinajstić information content (AvgIpc) is 2.14. The molecular weight excluding hydrogens is 306 g/mol. The van der Waals surface area contributed by atoms with Gasteiger partial charge in [-0.3, -0.25) is 0 Å². The van der Waals surface area contributed by atoms with Gasteiger partial charge in [0.05, 0.1) is 0 Å². The fourth-order valence-electron chi connectivity index (χ4n) is 0.468. The van der Waals surface area contributed by atoms with Gasteiger partial charge in [-0.1, -0.05) is 45.6 Å². The molecule has 0 aliphatic rings. The van der Waals surface area contributed by atoms with Crippen molar-refractivity contribution < 1.29 is 0 Å². The van der Waals surface area contributed by atoms with E-state index in [0.717, 1.165) is 0 Å². The number of hydrogen-bond acceptors (Lipinski definition) is 4. The Morgan fingerprint density at radius 2 is 1.79 bits per heavy atom. The molecule has 1 unspecified atom stereocenters. The summed E-state index contributed by atoms with van der Waals surface area (Å²) >= 11 is 22.5. The maximum atomic E-state index is 5.80. The zero-order valence-corrected chi connectivity index (χ0v) is 11.2. The largest absolute Gasteiger partial charge is 0.230 e. The summed E-state index contributed by atoms with van der Waals surface area (Å²) in [6, 6.07) is 1.72. The summed E-state index contributed by atoms with van der Waals surface area (Å²) in [6.07, 6.45) is 3.27. The van der Waals surface area contributed by atoms with Crippen molar-refractivity contribution in [3.8, 4) is 0 Å². The molecule has 1 aromatic rings. The first kappa shape index (κ1) is 13.0. The molecule has 8 heteroatoms. The van der Waals surface area contributed by atoms with Crippen LogP contribution in [0.5, 0.6) is 0 Å². The van der Waals surface area contributed by atoms with Crippen molar-refractivity contribution in [3.63, 3.8) is 0 Å². The van der Waals surface area contributed by atoms with E-state index in [1.165, 1.54) is 21.6 Å². The number of aromatic nitrogens is 2. The van der Waals surface area contributed by atoms with Gasteiger partial charge in [0.15, 0.2) is 5.16 Å². The Labute approximate surface area is 109 Å². The lowest BCUT2D eigenvalue weighted by Gasteiger charge is -2.15. The van der Waals surface area contributed by atoms with Crippen molar-refractivity contribution in [2.24, 2.45) is 0 Å². The number of halogens is 4. The second kappa shape index (κ2) is 5.87. The molecule has 1 aromatic heterocycles. The molecule has 0 aromatic carbocycles. The molecule has 0 N–H and O–H groups in total. The van der Waals surface area contributed by atoms with Gasteiger partial charge in [0, 0.05) is 12.4 Å². The highest BCUT2D eigenvalue weighted by Crippen LogP contribution is 2.45. The predicted molar refractivity (Wildman–Crippen MR) is 65.4 cm³/mol. The van der Waals surface area contributed by atoms with Crippen LogP contribution in [-0.2, 0) is 0 Å². The second-order valence-electron chi connectivity index (χ2n) is 2.07. The summed E-state index contributed by atoms with van der Waals surface area (Å²) in [4.78, 5) is 7.95. The quantitative estimate of drug-likeness (QED) is 0.476. The lowest BCUT2D eigenvalue weighted by atomic mass is 10.7. The maximum Gasteiger partial charge on any atom is 0.216 e. The minimum atomic E-state index is -1.49. The predicted octanol–water partition coefficient (Wildman–Crippen LogP) is 4.15. The van der Waals surface area contributed by atoms with Gasteiger partial charge in [0.25, 0.3) is 0 Å². The van der Waals surface area contributed by atoms with Gasteiger partial charge < -0.3 is 0 Å². The van der Waals surface area contributed by atoms with E-state index in [-0.39, 0.29) is 0 Å². The Bertz CT molecular complexity index is 279.